The zero-order chi connectivity index (χ0) is 7.40. The van der Waals surface area contributed by atoms with Crippen molar-refractivity contribution in [1.29, 1.82) is 0 Å². The van der Waals surface area contributed by atoms with E-state index in [2.05, 4.69) is 23.1 Å². The van der Waals surface area contributed by atoms with E-state index < -0.39 is 0 Å². The first kappa shape index (κ1) is 7.22. The van der Waals surface area contributed by atoms with Gasteiger partial charge in [-0.2, -0.15) is 0 Å². The fraction of sp³-hybridized carbons (Fsp3) is 0.375. The molecule has 0 aliphatic carbocycles. The Morgan fingerprint density at radius 2 is 2.40 bits per heavy atom. The molecule has 0 bridgehead atoms. The van der Waals surface area contributed by atoms with E-state index in [-0.39, 0.29) is 0 Å². The molecule has 0 saturated heterocycles. The topological polar surface area (TPSA) is 24.4 Å². The summed E-state index contributed by atoms with van der Waals surface area (Å²) in [7, 11) is 0. The third-order valence-electron chi connectivity index (χ3n) is 1.54. The molecular weight excluding hydrogens is 124 g/mol. The van der Waals surface area contributed by atoms with Gasteiger partial charge >= 0.3 is 0 Å². The normalized spacial score (nSPS) is 18.9. The van der Waals surface area contributed by atoms with E-state index >= 15 is 0 Å². The Morgan fingerprint density at radius 1 is 1.60 bits per heavy atom. The molecule has 0 unspecified atom stereocenters. The zero-order valence-electron chi connectivity index (χ0n) is 6.22. The van der Waals surface area contributed by atoms with Gasteiger partial charge < -0.3 is 5.32 Å². The Kier molecular flexibility index (Phi) is 2.40. The summed E-state index contributed by atoms with van der Waals surface area (Å²) < 4.78 is 0. The Hall–Kier alpha value is -0.890. The third kappa shape index (κ3) is 1.33. The molecule has 0 fully saturated rings. The number of nitrogens with zero attached hydrogens (tertiary/aromatic N) is 1. The summed E-state index contributed by atoms with van der Waals surface area (Å²) in [6, 6.07) is 0. The molecule has 2 heteroatoms. The highest BCUT2D eigenvalue weighted by Crippen LogP contribution is 2.10. The summed E-state index contributed by atoms with van der Waals surface area (Å²) in [4.78, 5) is 3.90. The standard InChI is InChI=1S/C8H12N2/c1-3-4-7-5-10-6-8(7)9-2/h3-4,10H,2,5-6H2,1H3/b4-3-. The molecule has 10 heavy (non-hydrogen) atoms. The molecule has 1 rings (SSSR count). The van der Waals surface area contributed by atoms with Crippen LogP contribution in [-0.2, 0) is 0 Å². The second-order valence-corrected chi connectivity index (χ2v) is 2.23. The molecule has 0 aromatic rings. The highest BCUT2D eigenvalue weighted by Gasteiger charge is 2.08. The monoisotopic (exact) mass is 136 g/mol. The van der Waals surface area contributed by atoms with Gasteiger partial charge in [0.1, 0.15) is 0 Å². The first-order valence-electron chi connectivity index (χ1n) is 3.40. The van der Waals surface area contributed by atoms with Crippen molar-refractivity contribution in [1.82, 2.24) is 5.32 Å². The molecule has 0 aromatic heterocycles. The predicted molar refractivity (Wildman–Crippen MR) is 44.3 cm³/mol. The zero-order valence-corrected chi connectivity index (χ0v) is 6.22. The van der Waals surface area contributed by atoms with Crippen LogP contribution in [0.5, 0.6) is 0 Å². The maximum absolute atomic E-state index is 3.90. The van der Waals surface area contributed by atoms with Gasteiger partial charge in [-0.15, -0.1) is 0 Å². The Balaban J connectivity index is 2.77. The first-order valence-corrected chi connectivity index (χ1v) is 3.40. The summed E-state index contributed by atoms with van der Waals surface area (Å²) in [5.74, 6) is 0. The van der Waals surface area contributed by atoms with Gasteiger partial charge in [-0.05, 0) is 19.2 Å². The summed E-state index contributed by atoms with van der Waals surface area (Å²) in [6.45, 7) is 7.29. The van der Waals surface area contributed by atoms with Crippen molar-refractivity contribution < 1.29 is 0 Å². The van der Waals surface area contributed by atoms with Crippen LogP contribution in [0.4, 0.5) is 0 Å². The molecule has 0 saturated carbocycles. The van der Waals surface area contributed by atoms with Gasteiger partial charge in [0.05, 0.1) is 5.70 Å². The lowest BCUT2D eigenvalue weighted by Gasteiger charge is -1.91. The predicted octanol–water partition coefficient (Wildman–Crippen LogP) is 1.12. The van der Waals surface area contributed by atoms with Gasteiger partial charge in [0, 0.05) is 13.1 Å². The molecule has 0 aromatic carbocycles. The van der Waals surface area contributed by atoms with E-state index in [0.717, 1.165) is 18.8 Å². The van der Waals surface area contributed by atoms with Crippen molar-refractivity contribution in [2.24, 2.45) is 4.99 Å². The molecule has 1 N–H and O–H groups in total. The fourth-order valence-electron chi connectivity index (χ4n) is 1.04. The van der Waals surface area contributed by atoms with Crippen LogP contribution in [0.1, 0.15) is 6.92 Å². The average molecular weight is 136 g/mol. The maximum atomic E-state index is 3.90. The van der Waals surface area contributed by atoms with E-state index in [4.69, 9.17) is 0 Å². The first-order chi connectivity index (χ1) is 4.88. The number of nitrogens with one attached hydrogen (secondary N) is 1. The van der Waals surface area contributed by atoms with Crippen molar-refractivity contribution in [3.05, 3.63) is 23.4 Å². The van der Waals surface area contributed by atoms with Crippen molar-refractivity contribution in [2.45, 2.75) is 6.92 Å². The average Bonchev–Trinajstić information content (AvgIpc) is 2.36. The van der Waals surface area contributed by atoms with Crippen molar-refractivity contribution in [3.63, 3.8) is 0 Å². The quantitative estimate of drug-likeness (QED) is 0.565. The van der Waals surface area contributed by atoms with Crippen LogP contribution in [0.25, 0.3) is 0 Å². The van der Waals surface area contributed by atoms with Crippen molar-refractivity contribution >= 4 is 6.72 Å². The minimum absolute atomic E-state index is 0.864. The molecule has 0 atom stereocenters. The van der Waals surface area contributed by atoms with Crippen LogP contribution in [-0.4, -0.2) is 19.8 Å². The molecular formula is C8H12N2. The molecule has 1 aliphatic heterocycles. The SMILES string of the molecule is C=NC1=C(/C=C\C)CNC1. The summed E-state index contributed by atoms with van der Waals surface area (Å²) in [5.41, 5.74) is 2.34. The van der Waals surface area contributed by atoms with Crippen LogP contribution in [0.2, 0.25) is 0 Å². The lowest BCUT2D eigenvalue weighted by molar-refractivity contribution is 0.865. The second-order valence-electron chi connectivity index (χ2n) is 2.23. The van der Waals surface area contributed by atoms with E-state index in [9.17, 15) is 0 Å². The highest BCUT2D eigenvalue weighted by molar-refractivity contribution is 5.37. The second kappa shape index (κ2) is 3.32. The molecule has 0 spiro atoms. The Bertz CT molecular complexity index is 189. The molecule has 1 heterocycles. The maximum Gasteiger partial charge on any atom is 0.0579 e. The molecule has 0 radical (unpaired) electrons. The number of hydrogen-bond donors (Lipinski definition) is 1. The van der Waals surface area contributed by atoms with E-state index in [0.29, 0.717) is 0 Å². The molecule has 54 valence electrons. The summed E-state index contributed by atoms with van der Waals surface area (Å²) >= 11 is 0. The van der Waals surface area contributed by atoms with Gasteiger partial charge in [-0.1, -0.05) is 12.2 Å². The third-order valence-corrected chi connectivity index (χ3v) is 1.54. The van der Waals surface area contributed by atoms with E-state index in [1.54, 1.807) is 0 Å². The smallest absolute Gasteiger partial charge is 0.0579 e. The minimum Gasteiger partial charge on any atom is -0.307 e. The van der Waals surface area contributed by atoms with Crippen LogP contribution < -0.4 is 5.32 Å². The fourth-order valence-corrected chi connectivity index (χ4v) is 1.04. The lowest BCUT2D eigenvalue weighted by atomic mass is 10.2. The number of rotatable bonds is 2. The lowest BCUT2D eigenvalue weighted by Crippen LogP contribution is -2.08. The number of hydrogen-bond acceptors (Lipinski definition) is 2. The molecule has 0 amide bonds. The largest absolute Gasteiger partial charge is 0.307 e. The van der Waals surface area contributed by atoms with Crippen molar-refractivity contribution in [3.8, 4) is 0 Å². The molecule has 1 aliphatic rings. The van der Waals surface area contributed by atoms with Crippen LogP contribution in [0.15, 0.2) is 28.4 Å². The van der Waals surface area contributed by atoms with Gasteiger partial charge in [0.2, 0.25) is 0 Å². The summed E-state index contributed by atoms with van der Waals surface area (Å²) in [6.07, 6.45) is 4.09. The van der Waals surface area contributed by atoms with Crippen LogP contribution >= 0.6 is 0 Å². The van der Waals surface area contributed by atoms with Gasteiger partial charge in [-0.3, -0.25) is 4.99 Å². The van der Waals surface area contributed by atoms with Gasteiger partial charge in [-0.25, -0.2) is 0 Å². The Labute approximate surface area is 61.4 Å². The minimum atomic E-state index is 0.864. The Morgan fingerprint density at radius 3 is 3.00 bits per heavy atom. The van der Waals surface area contributed by atoms with E-state index in [1.165, 1.54) is 5.57 Å². The van der Waals surface area contributed by atoms with Crippen molar-refractivity contribution in [2.75, 3.05) is 13.1 Å². The van der Waals surface area contributed by atoms with Crippen LogP contribution in [0.3, 0.4) is 0 Å². The van der Waals surface area contributed by atoms with E-state index in [1.807, 2.05) is 13.0 Å². The summed E-state index contributed by atoms with van der Waals surface area (Å²) in [5, 5.41) is 3.20. The van der Waals surface area contributed by atoms with Gasteiger partial charge in [0.25, 0.3) is 0 Å². The molecule has 2 nitrogen and oxygen atoms in total. The number of allylic oxidation sites excluding steroid dienone is 1. The number of aliphatic imine (C=N–C) groups is 1. The van der Waals surface area contributed by atoms with Gasteiger partial charge in [0.15, 0.2) is 0 Å². The highest BCUT2D eigenvalue weighted by atomic mass is 14.9. The van der Waals surface area contributed by atoms with Crippen LogP contribution in [0, 0.1) is 0 Å².